The van der Waals surface area contributed by atoms with E-state index < -0.39 is 7.29 Å². The van der Waals surface area contributed by atoms with Gasteiger partial charge in [0.1, 0.15) is 0 Å². The van der Waals surface area contributed by atoms with Gasteiger partial charge in [-0.2, -0.15) is 0 Å². The minimum absolute atomic E-state index is 0.194. The van der Waals surface area contributed by atoms with Crippen LogP contribution in [-0.2, 0) is 9.98 Å². The first-order chi connectivity index (χ1) is 14.5. The number of rotatable bonds is 3. The Kier molecular flexibility index (Phi) is 4.38. The molecule has 0 spiro atoms. The Morgan fingerprint density at radius 2 is 1.23 bits per heavy atom. The summed E-state index contributed by atoms with van der Waals surface area (Å²) in [7, 11) is -3.25. The first-order valence-corrected chi connectivity index (χ1v) is 11.8. The molecule has 1 aromatic heterocycles. The monoisotopic (exact) mass is 410 g/mol. The zero-order valence-corrected chi connectivity index (χ0v) is 18.0. The molecule has 148 valence electrons. The van der Waals surface area contributed by atoms with E-state index in [1.165, 1.54) is 11.1 Å². The highest BCUT2D eigenvalue weighted by molar-refractivity contribution is 7.80. The van der Waals surface area contributed by atoms with Gasteiger partial charge in [0.05, 0.1) is 16.7 Å². The van der Waals surface area contributed by atoms with Gasteiger partial charge >= 0.3 is 0 Å². The van der Waals surface area contributed by atoms with E-state index in [0.29, 0.717) is 0 Å². The van der Waals surface area contributed by atoms with Crippen LogP contribution in [0.4, 0.5) is 11.4 Å². The predicted octanol–water partition coefficient (Wildman–Crippen LogP) is 5.79. The van der Waals surface area contributed by atoms with Gasteiger partial charge in [0.2, 0.25) is 7.29 Å². The van der Waals surface area contributed by atoms with Crippen LogP contribution in [0.2, 0.25) is 0 Å². The van der Waals surface area contributed by atoms with E-state index in [4.69, 9.17) is 0 Å². The first kappa shape index (κ1) is 18.8. The largest absolute Gasteiger partial charge is 0.289 e. The summed E-state index contributed by atoms with van der Waals surface area (Å²) in [5, 5.41) is 1.52. The Morgan fingerprint density at radius 3 is 1.80 bits per heavy atom. The van der Waals surface area contributed by atoms with Crippen molar-refractivity contribution in [3.05, 3.63) is 115 Å². The average Bonchev–Trinajstić information content (AvgIpc) is 2.80. The summed E-state index contributed by atoms with van der Waals surface area (Å²) >= 11 is 0. The molecule has 0 bridgehead atoms. The maximum atomic E-state index is 15.2. The molecular weight excluding hydrogens is 387 g/mol. The van der Waals surface area contributed by atoms with Crippen molar-refractivity contribution in [3.8, 4) is 0 Å². The molecule has 0 fully saturated rings. The van der Waals surface area contributed by atoms with Crippen LogP contribution >= 0.6 is 7.29 Å². The van der Waals surface area contributed by atoms with Crippen LogP contribution in [0, 0.1) is 0 Å². The number of nitrogens with zero attached hydrogens (tertiary/aromatic N) is 2. The number of benzene rings is 3. The van der Waals surface area contributed by atoms with Gasteiger partial charge in [0.25, 0.3) is 0 Å². The lowest BCUT2D eigenvalue weighted by atomic mass is 9.74. The van der Waals surface area contributed by atoms with Crippen molar-refractivity contribution in [1.29, 1.82) is 0 Å². The lowest BCUT2D eigenvalue weighted by Gasteiger charge is -2.45. The number of hydrogen-bond donors (Lipinski definition) is 0. The van der Waals surface area contributed by atoms with Gasteiger partial charge in [-0.25, -0.2) is 0 Å². The molecule has 0 N–H and O–H groups in total. The van der Waals surface area contributed by atoms with Crippen molar-refractivity contribution >= 4 is 29.3 Å². The molecule has 0 aliphatic carbocycles. The number of pyridine rings is 1. The second-order valence-electron chi connectivity index (χ2n) is 8.09. The molecular formula is C26H23N2OP. The lowest BCUT2D eigenvalue weighted by Crippen LogP contribution is -2.36. The highest BCUT2D eigenvalue weighted by atomic mass is 31.2. The van der Waals surface area contributed by atoms with Gasteiger partial charge in [-0.3, -0.25) is 14.2 Å². The van der Waals surface area contributed by atoms with Gasteiger partial charge in [-0.05, 0) is 47.5 Å². The van der Waals surface area contributed by atoms with Crippen LogP contribution in [0.1, 0.15) is 25.0 Å². The molecule has 3 nitrogen and oxygen atoms in total. The van der Waals surface area contributed by atoms with Crippen LogP contribution in [0.15, 0.2) is 103 Å². The maximum Gasteiger partial charge on any atom is 0.235 e. The van der Waals surface area contributed by atoms with Crippen molar-refractivity contribution < 1.29 is 4.57 Å². The summed E-state index contributed by atoms with van der Waals surface area (Å²) in [5.74, 6) is 0. The van der Waals surface area contributed by atoms with Gasteiger partial charge in [0.15, 0.2) is 0 Å². The van der Waals surface area contributed by atoms with Gasteiger partial charge in [-0.15, -0.1) is 0 Å². The number of fused-ring (bicyclic) bond motifs is 2. The molecule has 4 heteroatoms. The molecule has 30 heavy (non-hydrogen) atoms. The van der Waals surface area contributed by atoms with Crippen molar-refractivity contribution in [1.82, 2.24) is 4.98 Å². The minimum atomic E-state index is -3.25. The van der Waals surface area contributed by atoms with Crippen molar-refractivity contribution in [3.63, 3.8) is 0 Å². The van der Waals surface area contributed by atoms with E-state index in [0.717, 1.165) is 22.0 Å². The number of aromatic nitrogens is 1. The predicted molar refractivity (Wildman–Crippen MR) is 125 cm³/mol. The molecule has 0 saturated heterocycles. The average molecular weight is 410 g/mol. The fourth-order valence-electron chi connectivity index (χ4n) is 4.50. The zero-order valence-electron chi connectivity index (χ0n) is 17.1. The molecule has 1 unspecified atom stereocenters. The van der Waals surface area contributed by atoms with Crippen molar-refractivity contribution in [2.24, 2.45) is 0 Å². The Bertz CT molecular complexity index is 1160. The summed E-state index contributed by atoms with van der Waals surface area (Å²) in [6.45, 7) is 4.47. The molecule has 0 radical (unpaired) electrons. The molecule has 5 rings (SSSR count). The van der Waals surface area contributed by atoms with Gasteiger partial charge in [-0.1, -0.05) is 68.4 Å². The van der Waals surface area contributed by atoms with Crippen molar-refractivity contribution in [2.75, 3.05) is 4.67 Å². The van der Waals surface area contributed by atoms with Crippen LogP contribution in [-0.4, -0.2) is 4.98 Å². The summed E-state index contributed by atoms with van der Waals surface area (Å²) in [6.07, 6.45) is 3.46. The van der Waals surface area contributed by atoms with Crippen LogP contribution < -0.4 is 15.3 Å². The third kappa shape index (κ3) is 2.66. The highest BCUT2D eigenvalue weighted by Crippen LogP contribution is 2.61. The van der Waals surface area contributed by atoms with Gasteiger partial charge in [0, 0.05) is 23.1 Å². The second-order valence-corrected chi connectivity index (χ2v) is 10.7. The Balaban J connectivity index is 1.89. The standard InChI is InChI=1S/C26H23N2OP/c1-26(2)22-14-6-8-16-24(22)28(25-17-9-7-15-23(25)26)30(29,20-11-4-3-5-12-20)21-13-10-18-27-19-21/h3-19H,1-2H3. The zero-order chi connectivity index (χ0) is 20.8. The van der Waals surface area contributed by atoms with Crippen LogP contribution in [0.25, 0.3) is 0 Å². The van der Waals surface area contributed by atoms with Crippen LogP contribution in [0.5, 0.6) is 0 Å². The third-order valence-electron chi connectivity index (χ3n) is 5.99. The summed E-state index contributed by atoms with van der Waals surface area (Å²) in [6, 6.07) is 30.2. The van der Waals surface area contributed by atoms with Crippen molar-refractivity contribution in [2.45, 2.75) is 19.3 Å². The molecule has 1 aliphatic heterocycles. The smallest absolute Gasteiger partial charge is 0.235 e. The molecule has 0 amide bonds. The molecule has 0 saturated carbocycles. The number of para-hydroxylation sites is 2. The fraction of sp³-hybridized carbons (Fsp3) is 0.115. The second kappa shape index (κ2) is 6.97. The Hall–Kier alpha value is -3.16. The summed E-state index contributed by atoms with van der Waals surface area (Å²) in [4.78, 5) is 4.31. The Morgan fingerprint density at radius 1 is 0.700 bits per heavy atom. The SMILES string of the molecule is CC1(C)c2ccccc2N(P(=O)(c2ccccc2)c2cccnc2)c2ccccc21. The topological polar surface area (TPSA) is 33.2 Å². The first-order valence-electron chi connectivity index (χ1n) is 10.1. The molecule has 4 aromatic rings. The van der Waals surface area contributed by atoms with E-state index in [1.54, 1.807) is 12.4 Å². The van der Waals surface area contributed by atoms with Gasteiger partial charge < -0.3 is 0 Å². The quantitative estimate of drug-likeness (QED) is 0.401. The third-order valence-corrected chi connectivity index (χ3v) is 8.95. The number of hydrogen-bond acceptors (Lipinski definition) is 2. The van der Waals surface area contributed by atoms with E-state index in [9.17, 15) is 0 Å². The Labute approximate surface area is 177 Å². The van der Waals surface area contributed by atoms with E-state index >= 15 is 4.57 Å². The van der Waals surface area contributed by atoms with Crippen LogP contribution in [0.3, 0.4) is 0 Å². The molecule has 1 atom stereocenters. The summed E-state index contributed by atoms with van der Waals surface area (Å²) in [5.41, 5.74) is 4.11. The van der Waals surface area contributed by atoms with E-state index in [1.807, 2.05) is 54.6 Å². The minimum Gasteiger partial charge on any atom is -0.289 e. The summed E-state index contributed by atoms with van der Waals surface area (Å²) < 4.78 is 17.3. The maximum absolute atomic E-state index is 15.2. The molecule has 2 heterocycles. The highest BCUT2D eigenvalue weighted by Gasteiger charge is 2.44. The molecule has 1 aliphatic rings. The number of anilines is 2. The lowest BCUT2D eigenvalue weighted by molar-refractivity contribution is 0.584. The fourth-order valence-corrected chi connectivity index (χ4v) is 7.30. The van der Waals surface area contributed by atoms with E-state index in [2.05, 4.69) is 59.9 Å². The molecule has 3 aromatic carbocycles. The normalized spacial score (nSPS) is 16.3. The van der Waals surface area contributed by atoms with E-state index in [-0.39, 0.29) is 5.41 Å².